The first-order chi connectivity index (χ1) is 15.9. The van der Waals surface area contributed by atoms with Crippen LogP contribution >= 0.6 is 0 Å². The van der Waals surface area contributed by atoms with E-state index in [1.165, 1.54) is 38.5 Å². The lowest BCUT2D eigenvalue weighted by Gasteiger charge is -2.05. The van der Waals surface area contributed by atoms with Gasteiger partial charge in [0.15, 0.2) is 0 Å². The maximum absolute atomic E-state index is 11.7. The van der Waals surface area contributed by atoms with E-state index in [2.05, 4.69) is 14.7 Å². The Bertz CT molecular complexity index is 1010. The van der Waals surface area contributed by atoms with E-state index in [-0.39, 0.29) is 11.1 Å². The molecular formula is C24H22O9. The Balaban J connectivity index is 0.000000294. The molecule has 0 aliphatic heterocycles. The molecular weight excluding hydrogens is 432 g/mol. The number of carbonyl (C=O) groups excluding carboxylic acids is 3. The third-order valence-electron chi connectivity index (χ3n) is 4.29. The summed E-state index contributed by atoms with van der Waals surface area (Å²) in [5, 5.41) is 8.06. The summed E-state index contributed by atoms with van der Waals surface area (Å²) in [4.78, 5) is 46.8. The lowest BCUT2D eigenvalue weighted by atomic mass is 10.1. The topological polar surface area (TPSA) is 118 Å². The van der Waals surface area contributed by atoms with Crippen LogP contribution in [0.3, 0.4) is 0 Å². The van der Waals surface area contributed by atoms with Crippen LogP contribution in [0.25, 0.3) is 0 Å². The molecule has 0 bridgehead atoms. The van der Waals surface area contributed by atoms with Crippen LogP contribution in [-0.2, 0) is 14.7 Å². The first-order valence-corrected chi connectivity index (χ1v) is 9.52. The largest absolute Gasteiger partial charge is 0.497 e. The van der Waals surface area contributed by atoms with E-state index in [0.717, 1.165) is 5.56 Å². The molecule has 0 aromatic heterocycles. The number of aryl methyl sites for hydroxylation is 1. The van der Waals surface area contributed by atoms with Crippen LogP contribution in [0.1, 0.15) is 36.6 Å². The molecule has 0 aliphatic rings. The van der Waals surface area contributed by atoms with Crippen LogP contribution in [-0.4, -0.2) is 37.4 Å². The molecule has 3 rings (SSSR count). The van der Waals surface area contributed by atoms with Crippen LogP contribution in [0.4, 0.5) is 0 Å². The van der Waals surface area contributed by atoms with Gasteiger partial charge in [0.1, 0.15) is 11.5 Å². The summed E-state index contributed by atoms with van der Waals surface area (Å²) < 4.78 is 9.95. The predicted molar refractivity (Wildman–Crippen MR) is 116 cm³/mol. The van der Waals surface area contributed by atoms with Gasteiger partial charge in [-0.15, -0.1) is 0 Å². The van der Waals surface area contributed by atoms with E-state index in [4.69, 9.17) is 14.7 Å². The lowest BCUT2D eigenvalue weighted by molar-refractivity contribution is -0.187. The maximum atomic E-state index is 11.7. The van der Waals surface area contributed by atoms with E-state index in [1.54, 1.807) is 49.4 Å². The molecule has 9 heteroatoms. The van der Waals surface area contributed by atoms with Crippen LogP contribution < -0.4 is 9.47 Å². The van der Waals surface area contributed by atoms with Gasteiger partial charge < -0.3 is 9.47 Å². The van der Waals surface area contributed by atoms with Gasteiger partial charge in [-0.3, -0.25) is 4.89 Å². The Morgan fingerprint density at radius 3 is 1.42 bits per heavy atom. The zero-order valence-corrected chi connectivity index (χ0v) is 18.1. The number of hydrogen-bond acceptors (Lipinski definition) is 9. The number of ether oxygens (including phenoxy) is 2. The highest BCUT2D eigenvalue weighted by atomic mass is 17.2. The van der Waals surface area contributed by atoms with Crippen LogP contribution in [0.2, 0.25) is 0 Å². The Hall–Kier alpha value is -4.37. The van der Waals surface area contributed by atoms with Crippen molar-refractivity contribution in [1.29, 1.82) is 0 Å². The van der Waals surface area contributed by atoms with Crippen molar-refractivity contribution < 1.29 is 43.8 Å². The molecule has 1 N–H and O–H groups in total. The molecule has 0 saturated carbocycles. The summed E-state index contributed by atoms with van der Waals surface area (Å²) in [6.45, 7) is 1.77. The van der Waals surface area contributed by atoms with Crippen molar-refractivity contribution >= 4 is 17.9 Å². The quantitative estimate of drug-likeness (QED) is 0.446. The molecule has 0 unspecified atom stereocenters. The minimum Gasteiger partial charge on any atom is -0.497 e. The van der Waals surface area contributed by atoms with E-state index >= 15 is 0 Å². The third-order valence-corrected chi connectivity index (χ3v) is 4.29. The molecule has 0 aliphatic carbocycles. The van der Waals surface area contributed by atoms with Crippen molar-refractivity contribution in [2.24, 2.45) is 0 Å². The molecule has 3 aromatic carbocycles. The second-order valence-corrected chi connectivity index (χ2v) is 6.39. The number of benzene rings is 3. The molecule has 0 fully saturated rings. The fraction of sp³-hybridized carbons (Fsp3) is 0.125. The summed E-state index contributed by atoms with van der Waals surface area (Å²) in [7, 11) is 3.04. The van der Waals surface area contributed by atoms with Gasteiger partial charge in [0.2, 0.25) is 0 Å². The molecule has 0 spiro atoms. The number of methoxy groups -OCH3 is 2. The smallest absolute Gasteiger partial charge is 0.386 e. The normalized spacial score (nSPS) is 9.58. The molecule has 0 heterocycles. The van der Waals surface area contributed by atoms with Crippen molar-refractivity contribution in [1.82, 2.24) is 0 Å². The predicted octanol–water partition coefficient (Wildman–Crippen LogP) is 4.26. The van der Waals surface area contributed by atoms with Gasteiger partial charge in [-0.1, -0.05) is 18.2 Å². The van der Waals surface area contributed by atoms with Crippen molar-refractivity contribution in [3.8, 4) is 11.5 Å². The van der Waals surface area contributed by atoms with Crippen molar-refractivity contribution in [2.45, 2.75) is 6.92 Å². The number of hydrogen-bond donors (Lipinski definition) is 1. The van der Waals surface area contributed by atoms with Gasteiger partial charge in [0.05, 0.1) is 30.9 Å². The van der Waals surface area contributed by atoms with Crippen molar-refractivity contribution in [3.63, 3.8) is 0 Å². The van der Waals surface area contributed by atoms with Crippen molar-refractivity contribution in [2.75, 3.05) is 14.2 Å². The van der Waals surface area contributed by atoms with Gasteiger partial charge >= 0.3 is 17.9 Å². The second kappa shape index (κ2) is 12.5. The van der Waals surface area contributed by atoms with E-state index in [1.807, 2.05) is 6.07 Å². The van der Waals surface area contributed by atoms with Gasteiger partial charge in [0, 0.05) is 0 Å². The van der Waals surface area contributed by atoms with Gasteiger partial charge in [-0.2, -0.15) is 5.26 Å². The van der Waals surface area contributed by atoms with Gasteiger partial charge in [-0.25, -0.2) is 24.2 Å². The van der Waals surface area contributed by atoms with E-state index in [9.17, 15) is 14.4 Å². The highest BCUT2D eigenvalue weighted by Gasteiger charge is 2.14. The van der Waals surface area contributed by atoms with Gasteiger partial charge in [0.25, 0.3) is 0 Å². The standard InChI is InChI=1S/C16H14O6.C8H8O3/c1-19-13-7-3-11(4-8-13)15(17)21-22-16(18)12-5-9-14(20-2)10-6-12;1-6-4-2-3-5-7(6)8(9)11-10/h3-10H,1-2H3;2-5,10H,1H3. The monoisotopic (exact) mass is 454 g/mol. The lowest BCUT2D eigenvalue weighted by Crippen LogP contribution is -2.11. The average Bonchev–Trinajstić information content (AvgIpc) is 2.87. The molecule has 0 saturated heterocycles. The second-order valence-electron chi connectivity index (χ2n) is 6.39. The summed E-state index contributed by atoms with van der Waals surface area (Å²) in [5.41, 5.74) is 1.65. The minimum absolute atomic E-state index is 0.239. The zero-order valence-electron chi connectivity index (χ0n) is 18.1. The van der Waals surface area contributed by atoms with Gasteiger partial charge in [-0.05, 0) is 67.1 Å². The SMILES string of the molecule is COc1ccc(C(=O)OOC(=O)c2ccc(OC)cc2)cc1.Cc1ccccc1C(=O)OO. The van der Waals surface area contributed by atoms with Crippen LogP contribution in [0.5, 0.6) is 11.5 Å². The molecule has 9 nitrogen and oxygen atoms in total. The van der Waals surface area contributed by atoms with Crippen LogP contribution in [0, 0.1) is 6.92 Å². The molecule has 172 valence electrons. The highest BCUT2D eigenvalue weighted by Crippen LogP contribution is 2.14. The number of carbonyl (C=O) groups is 3. The van der Waals surface area contributed by atoms with Crippen LogP contribution in [0.15, 0.2) is 72.8 Å². The maximum Gasteiger partial charge on any atom is 0.386 e. The number of rotatable bonds is 5. The highest BCUT2D eigenvalue weighted by molar-refractivity contribution is 5.92. The Morgan fingerprint density at radius 1 is 0.636 bits per heavy atom. The Kier molecular flexibility index (Phi) is 9.41. The zero-order chi connectivity index (χ0) is 24.2. The fourth-order valence-corrected chi connectivity index (χ4v) is 2.48. The first kappa shape index (κ1) is 24.9. The molecule has 0 radical (unpaired) electrons. The molecule has 0 amide bonds. The summed E-state index contributed by atoms with van der Waals surface area (Å²) in [6.07, 6.45) is 0. The molecule has 0 atom stereocenters. The molecule has 3 aromatic rings. The summed E-state index contributed by atoms with van der Waals surface area (Å²) in [5.74, 6) is -1.06. The van der Waals surface area contributed by atoms with Crippen molar-refractivity contribution in [3.05, 3.63) is 95.1 Å². The minimum atomic E-state index is -0.774. The average molecular weight is 454 g/mol. The fourth-order valence-electron chi connectivity index (χ4n) is 2.48. The molecule has 33 heavy (non-hydrogen) atoms. The van der Waals surface area contributed by atoms with E-state index in [0.29, 0.717) is 17.1 Å². The Morgan fingerprint density at radius 2 is 1.06 bits per heavy atom. The van der Waals surface area contributed by atoms with E-state index < -0.39 is 17.9 Å². The Labute approximate surface area is 189 Å². The third kappa shape index (κ3) is 7.37. The summed E-state index contributed by atoms with van der Waals surface area (Å²) in [6, 6.07) is 19.3. The first-order valence-electron chi connectivity index (χ1n) is 9.52. The summed E-state index contributed by atoms with van der Waals surface area (Å²) >= 11 is 0.